The summed E-state index contributed by atoms with van der Waals surface area (Å²) in [4.78, 5) is 14.1. The summed E-state index contributed by atoms with van der Waals surface area (Å²) < 4.78 is 60.5. The van der Waals surface area contributed by atoms with Gasteiger partial charge in [-0.1, -0.05) is 0 Å². The van der Waals surface area contributed by atoms with E-state index in [1.54, 1.807) is 21.4 Å². The highest BCUT2D eigenvalue weighted by Crippen LogP contribution is 2.30. The Bertz CT molecular complexity index is 846. The molecule has 1 aromatic carbocycles. The zero-order valence-electron chi connectivity index (χ0n) is 15.6. The van der Waals surface area contributed by atoms with E-state index in [1.165, 1.54) is 12.1 Å². The molecule has 1 saturated heterocycles. The fraction of sp³-hybridized carbons (Fsp3) is 0.471. The van der Waals surface area contributed by atoms with Crippen molar-refractivity contribution >= 4 is 38.4 Å². The van der Waals surface area contributed by atoms with E-state index in [1.807, 2.05) is 4.90 Å². The number of halogens is 5. The molecule has 7 nitrogen and oxygen atoms in total. The van der Waals surface area contributed by atoms with Crippen molar-refractivity contribution in [3.8, 4) is 11.8 Å². The number of nitrogens with zero attached hydrogens (tertiary/aromatic N) is 4. The van der Waals surface area contributed by atoms with Gasteiger partial charge < -0.3 is 19.7 Å². The van der Waals surface area contributed by atoms with E-state index in [2.05, 4.69) is 20.3 Å². The van der Waals surface area contributed by atoms with Crippen LogP contribution < -0.4 is 19.7 Å². The van der Waals surface area contributed by atoms with Crippen LogP contribution in [0.4, 0.5) is 35.1 Å². The van der Waals surface area contributed by atoms with Gasteiger partial charge >= 0.3 is 17.2 Å². The van der Waals surface area contributed by atoms with Gasteiger partial charge in [-0.3, -0.25) is 0 Å². The van der Waals surface area contributed by atoms with Gasteiger partial charge in [0.1, 0.15) is 5.75 Å². The summed E-state index contributed by atoms with van der Waals surface area (Å²) in [5.41, 5.74) is 0.489. The highest BCUT2D eigenvalue weighted by molar-refractivity contribution is 7.21. The van der Waals surface area contributed by atoms with Gasteiger partial charge in [0.2, 0.25) is 11.9 Å². The van der Waals surface area contributed by atoms with Crippen molar-refractivity contribution < 1.29 is 27.0 Å². The second kappa shape index (κ2) is 9.34. The number of rotatable bonds is 7. The number of alkyl halides is 5. The van der Waals surface area contributed by atoms with Crippen molar-refractivity contribution in [3.05, 3.63) is 24.3 Å². The van der Waals surface area contributed by atoms with Crippen LogP contribution in [0.2, 0.25) is 0 Å². The summed E-state index contributed by atoms with van der Waals surface area (Å²) in [5, 5.41) is 0.440. The minimum absolute atomic E-state index is 0.0136. The number of aromatic nitrogens is 3. The summed E-state index contributed by atoms with van der Waals surface area (Å²) in [6, 6.07) is 5.57. The predicted molar refractivity (Wildman–Crippen MR) is 107 cm³/mol. The lowest BCUT2D eigenvalue weighted by Gasteiger charge is -2.26. The van der Waals surface area contributed by atoms with Crippen LogP contribution in [0.25, 0.3) is 0 Å². The van der Waals surface area contributed by atoms with Gasteiger partial charge in [-0.15, -0.1) is 0 Å². The van der Waals surface area contributed by atoms with Crippen LogP contribution in [0.5, 0.6) is 11.8 Å². The molecule has 1 aliphatic heterocycles. The van der Waals surface area contributed by atoms with Gasteiger partial charge in [0, 0.05) is 18.8 Å². The minimum Gasteiger partial charge on any atom is -0.454 e. The summed E-state index contributed by atoms with van der Waals surface area (Å²) >= 11 is 5.34. The fourth-order valence-electron chi connectivity index (χ4n) is 2.74. The first-order chi connectivity index (χ1) is 14.1. The van der Waals surface area contributed by atoms with Gasteiger partial charge in [0.25, 0.3) is 0 Å². The van der Waals surface area contributed by atoms with E-state index in [4.69, 9.17) is 21.1 Å². The molecular formula is C17H19ClF4N5O2P. The van der Waals surface area contributed by atoms with Crippen LogP contribution in [0.15, 0.2) is 24.3 Å². The summed E-state index contributed by atoms with van der Waals surface area (Å²) in [7, 11) is 1.70. The second-order valence-corrected chi connectivity index (χ2v) is 8.13. The summed E-state index contributed by atoms with van der Waals surface area (Å²) in [6.07, 6.45) is -1.59. The third-order valence-corrected chi connectivity index (χ3v) is 4.17. The maximum atomic E-state index is 13.3. The van der Waals surface area contributed by atoms with Crippen molar-refractivity contribution in [2.45, 2.75) is 30.5 Å². The smallest absolute Gasteiger partial charge is 0.422 e. The van der Waals surface area contributed by atoms with Crippen molar-refractivity contribution in [3.63, 3.8) is 0 Å². The van der Waals surface area contributed by atoms with Crippen molar-refractivity contribution in [2.75, 3.05) is 29.9 Å². The molecule has 2 aromatic rings. The molecule has 0 aliphatic carbocycles. The van der Waals surface area contributed by atoms with Crippen molar-refractivity contribution in [1.82, 2.24) is 15.0 Å². The quantitative estimate of drug-likeness (QED) is 0.362. The number of anilines is 3. The van der Waals surface area contributed by atoms with E-state index in [0.29, 0.717) is 18.8 Å². The first-order valence-electron chi connectivity index (χ1n) is 9.01. The van der Waals surface area contributed by atoms with Gasteiger partial charge in [0.05, 0.1) is 0 Å². The van der Waals surface area contributed by atoms with E-state index in [9.17, 15) is 17.6 Å². The highest BCUT2D eigenvalue weighted by Gasteiger charge is 2.29. The second-order valence-electron chi connectivity index (χ2n) is 6.51. The average Bonchev–Trinajstić information content (AvgIpc) is 2.67. The van der Waals surface area contributed by atoms with Crippen LogP contribution in [-0.4, -0.2) is 45.9 Å². The van der Waals surface area contributed by atoms with Crippen LogP contribution in [0.1, 0.15) is 19.3 Å². The van der Waals surface area contributed by atoms with E-state index >= 15 is 0 Å². The van der Waals surface area contributed by atoms with E-state index in [-0.39, 0.29) is 17.6 Å². The average molecular weight is 468 g/mol. The van der Waals surface area contributed by atoms with Gasteiger partial charge in [0.15, 0.2) is 6.61 Å². The largest absolute Gasteiger partial charge is 0.454 e. The SMILES string of the molecule is FC(F)(F)COc1nc(Nc2ccc(OC(F)(P)Cl)cc2)nc(N2CCCCC2)n1. The third kappa shape index (κ3) is 7.28. The number of hydrogen-bond donors (Lipinski definition) is 1. The molecular weight excluding hydrogens is 449 g/mol. The molecule has 2 atom stereocenters. The highest BCUT2D eigenvalue weighted by atomic mass is 35.5. The maximum Gasteiger partial charge on any atom is 0.422 e. The Morgan fingerprint density at radius 2 is 1.70 bits per heavy atom. The molecule has 2 heterocycles. The molecule has 164 valence electrons. The zero-order valence-corrected chi connectivity index (χ0v) is 17.5. The number of piperidine rings is 1. The Balaban J connectivity index is 1.79. The molecule has 0 saturated carbocycles. The fourth-order valence-corrected chi connectivity index (χ4v) is 2.97. The lowest BCUT2D eigenvalue weighted by molar-refractivity contribution is -0.154. The minimum atomic E-state index is -4.52. The van der Waals surface area contributed by atoms with E-state index < -0.39 is 23.8 Å². The predicted octanol–water partition coefficient (Wildman–Crippen LogP) is 4.62. The Morgan fingerprint density at radius 3 is 2.30 bits per heavy atom. The molecule has 13 heteroatoms. The van der Waals surface area contributed by atoms with Crippen molar-refractivity contribution in [2.24, 2.45) is 0 Å². The molecule has 2 unspecified atom stereocenters. The van der Waals surface area contributed by atoms with Crippen LogP contribution in [0.3, 0.4) is 0 Å². The Kier molecular flexibility index (Phi) is 7.02. The summed E-state index contributed by atoms with van der Waals surface area (Å²) in [6.45, 7) is -0.139. The molecule has 0 bridgehead atoms. The molecule has 1 aliphatic rings. The van der Waals surface area contributed by atoms with Gasteiger partial charge in [-0.25, -0.2) is 0 Å². The number of benzene rings is 1. The van der Waals surface area contributed by atoms with Crippen LogP contribution in [-0.2, 0) is 0 Å². The van der Waals surface area contributed by atoms with Gasteiger partial charge in [-0.05, 0) is 64.4 Å². The normalized spacial score (nSPS) is 16.7. The molecule has 0 amide bonds. The summed E-state index contributed by atoms with van der Waals surface area (Å²) in [5.74, 6) is 0.420. The third-order valence-electron chi connectivity index (χ3n) is 3.97. The Labute approximate surface area is 177 Å². The molecule has 1 aromatic heterocycles. The maximum absolute atomic E-state index is 13.3. The lowest BCUT2D eigenvalue weighted by Crippen LogP contribution is -2.31. The topological polar surface area (TPSA) is 72.4 Å². The first kappa shape index (κ1) is 22.6. The molecule has 0 spiro atoms. The number of nitrogens with one attached hydrogen (secondary N) is 1. The molecule has 1 fully saturated rings. The van der Waals surface area contributed by atoms with Gasteiger partial charge in [-0.2, -0.15) is 32.5 Å². The lowest BCUT2D eigenvalue weighted by atomic mass is 10.1. The zero-order chi connectivity index (χ0) is 21.8. The first-order valence-corrected chi connectivity index (χ1v) is 9.96. The molecule has 30 heavy (non-hydrogen) atoms. The standard InChI is InChI=1S/C17H19ClF4N5O2P/c18-17(22,30)29-12-6-4-11(5-7-12)23-13-24-14(27-8-2-1-3-9-27)26-15(25-13)28-10-16(19,20)21/h4-7H,1-3,8-10,30H2,(H,23,24,25,26). The molecule has 0 radical (unpaired) electrons. The van der Waals surface area contributed by atoms with Crippen LogP contribution in [0, 0.1) is 0 Å². The Hall–Kier alpha value is -2.13. The van der Waals surface area contributed by atoms with E-state index in [0.717, 1.165) is 19.3 Å². The number of ether oxygens (including phenoxy) is 2. The number of hydrogen-bond acceptors (Lipinski definition) is 7. The van der Waals surface area contributed by atoms with Crippen LogP contribution >= 0.6 is 20.8 Å². The molecule has 3 rings (SSSR count). The monoisotopic (exact) mass is 467 g/mol. The van der Waals surface area contributed by atoms with Crippen molar-refractivity contribution in [1.29, 1.82) is 0 Å². The Morgan fingerprint density at radius 1 is 1.03 bits per heavy atom. The molecule has 1 N–H and O–H groups in total.